The highest BCUT2D eigenvalue weighted by Crippen LogP contribution is 2.46. The van der Waals surface area contributed by atoms with Crippen molar-refractivity contribution < 1.29 is 14.3 Å². The second-order valence-electron chi connectivity index (χ2n) is 7.62. The fourth-order valence-electron chi connectivity index (χ4n) is 4.10. The monoisotopic (exact) mass is 382 g/mol. The molecule has 0 unspecified atom stereocenters. The van der Waals surface area contributed by atoms with Crippen LogP contribution in [0.15, 0.2) is 42.7 Å². The average Bonchev–Trinajstić information content (AvgIpc) is 3.32. The molecule has 5 nitrogen and oxygen atoms in total. The van der Waals surface area contributed by atoms with Gasteiger partial charge in [-0.3, -0.25) is 9.78 Å². The molecule has 1 aromatic heterocycles. The molecule has 2 fully saturated rings. The number of amides is 1. The first kappa shape index (κ1) is 17.2. The van der Waals surface area contributed by atoms with Crippen molar-refractivity contribution in [2.45, 2.75) is 37.1 Å². The Morgan fingerprint density at radius 3 is 2.89 bits per heavy atom. The first-order valence-electron chi connectivity index (χ1n) is 9.34. The van der Waals surface area contributed by atoms with Gasteiger partial charge in [-0.1, -0.05) is 6.07 Å². The highest BCUT2D eigenvalue weighted by Gasteiger charge is 2.51. The van der Waals surface area contributed by atoms with Gasteiger partial charge in [-0.05, 0) is 47.4 Å². The molecule has 2 aromatic rings. The molecule has 5 rings (SSSR count). The van der Waals surface area contributed by atoms with Gasteiger partial charge in [-0.25, -0.2) is 0 Å². The van der Waals surface area contributed by atoms with E-state index in [0.717, 1.165) is 42.0 Å². The Balaban J connectivity index is 1.15. The number of hydrogen-bond donors (Lipinski definition) is 0. The van der Waals surface area contributed by atoms with Crippen LogP contribution in [-0.4, -0.2) is 45.5 Å². The number of carbonyl (C=O) groups excluding carboxylic acids is 1. The number of aromatic nitrogens is 1. The molecule has 2 saturated heterocycles. The standard InChI is InChI=1S/C21H22N2O3S/c24-20(16-1-2-17-10-25-11-18(17)7-16)23-13-21(14-23)8-19(12-27-21)26-9-15-3-5-22-6-4-15/h1-7,19H,8-14H2/t19-/m0/s1. The number of rotatable bonds is 4. The quantitative estimate of drug-likeness (QED) is 0.814. The Kier molecular flexibility index (Phi) is 4.42. The van der Waals surface area contributed by atoms with Crippen molar-refractivity contribution in [2.75, 3.05) is 18.8 Å². The minimum absolute atomic E-state index is 0.136. The molecular weight excluding hydrogens is 360 g/mol. The Hall–Kier alpha value is -1.89. The summed E-state index contributed by atoms with van der Waals surface area (Å²) in [7, 11) is 0. The van der Waals surface area contributed by atoms with Crippen LogP contribution in [0.1, 0.15) is 33.5 Å². The van der Waals surface area contributed by atoms with Crippen molar-refractivity contribution in [1.29, 1.82) is 0 Å². The van der Waals surface area contributed by atoms with E-state index in [2.05, 4.69) is 4.98 Å². The van der Waals surface area contributed by atoms with Gasteiger partial charge in [-0.2, -0.15) is 0 Å². The van der Waals surface area contributed by atoms with E-state index < -0.39 is 0 Å². The second-order valence-corrected chi connectivity index (χ2v) is 9.11. The van der Waals surface area contributed by atoms with E-state index in [0.29, 0.717) is 19.8 Å². The number of fused-ring (bicyclic) bond motifs is 1. The smallest absolute Gasteiger partial charge is 0.253 e. The molecule has 4 heterocycles. The predicted molar refractivity (Wildman–Crippen MR) is 103 cm³/mol. The van der Waals surface area contributed by atoms with E-state index in [9.17, 15) is 4.79 Å². The zero-order valence-corrected chi connectivity index (χ0v) is 15.9. The van der Waals surface area contributed by atoms with Gasteiger partial charge in [0.05, 0.1) is 30.7 Å². The molecule has 1 spiro atoms. The molecule has 0 saturated carbocycles. The fraction of sp³-hybridized carbons (Fsp3) is 0.429. The van der Waals surface area contributed by atoms with Gasteiger partial charge < -0.3 is 14.4 Å². The molecule has 6 heteroatoms. The summed E-state index contributed by atoms with van der Waals surface area (Å²) >= 11 is 1.96. The van der Waals surface area contributed by atoms with Crippen molar-refractivity contribution in [1.82, 2.24) is 9.88 Å². The molecule has 3 aliphatic heterocycles. The van der Waals surface area contributed by atoms with Gasteiger partial charge in [0.15, 0.2) is 0 Å². The minimum Gasteiger partial charge on any atom is -0.373 e. The Morgan fingerprint density at radius 1 is 1.22 bits per heavy atom. The third-order valence-electron chi connectivity index (χ3n) is 5.62. The molecule has 0 radical (unpaired) electrons. The van der Waals surface area contributed by atoms with Gasteiger partial charge in [0.2, 0.25) is 0 Å². The summed E-state index contributed by atoms with van der Waals surface area (Å²) in [6, 6.07) is 9.94. The van der Waals surface area contributed by atoms with E-state index in [-0.39, 0.29) is 16.8 Å². The van der Waals surface area contributed by atoms with Gasteiger partial charge in [0, 0.05) is 36.8 Å². The van der Waals surface area contributed by atoms with Crippen molar-refractivity contribution in [3.63, 3.8) is 0 Å². The van der Waals surface area contributed by atoms with Crippen molar-refractivity contribution in [2.24, 2.45) is 0 Å². The lowest BCUT2D eigenvalue weighted by atomic mass is 9.92. The van der Waals surface area contributed by atoms with Crippen LogP contribution in [0, 0.1) is 0 Å². The lowest BCUT2D eigenvalue weighted by Crippen LogP contribution is -2.60. The highest BCUT2D eigenvalue weighted by molar-refractivity contribution is 8.01. The lowest BCUT2D eigenvalue weighted by Gasteiger charge is -2.47. The SMILES string of the molecule is O=C(c1ccc2c(c1)COC2)N1CC2(C[C@H](OCc3ccncc3)CS2)C1. The summed E-state index contributed by atoms with van der Waals surface area (Å²) in [4.78, 5) is 18.8. The van der Waals surface area contributed by atoms with Crippen LogP contribution in [-0.2, 0) is 29.3 Å². The molecule has 1 amide bonds. The fourth-order valence-corrected chi connectivity index (χ4v) is 5.66. The Morgan fingerprint density at radius 2 is 2.04 bits per heavy atom. The second kappa shape index (κ2) is 6.93. The molecular formula is C21H22N2O3S. The molecule has 0 bridgehead atoms. The summed E-state index contributed by atoms with van der Waals surface area (Å²) < 4.78 is 11.7. The van der Waals surface area contributed by atoms with E-state index in [1.807, 2.05) is 47.0 Å². The van der Waals surface area contributed by atoms with Crippen LogP contribution in [0.2, 0.25) is 0 Å². The van der Waals surface area contributed by atoms with Gasteiger partial charge in [-0.15, -0.1) is 11.8 Å². The Labute approximate surface area is 163 Å². The number of nitrogens with zero attached hydrogens (tertiary/aromatic N) is 2. The van der Waals surface area contributed by atoms with Crippen molar-refractivity contribution in [3.8, 4) is 0 Å². The first-order chi connectivity index (χ1) is 13.2. The first-order valence-corrected chi connectivity index (χ1v) is 10.3. The maximum Gasteiger partial charge on any atom is 0.253 e. The highest BCUT2D eigenvalue weighted by atomic mass is 32.2. The maximum absolute atomic E-state index is 12.8. The normalized spacial score (nSPS) is 22.7. The average molecular weight is 382 g/mol. The number of likely N-dealkylation sites (tertiary alicyclic amines) is 1. The van der Waals surface area contributed by atoms with Gasteiger partial charge >= 0.3 is 0 Å². The van der Waals surface area contributed by atoms with Crippen LogP contribution in [0.5, 0.6) is 0 Å². The summed E-state index contributed by atoms with van der Waals surface area (Å²) in [6.07, 6.45) is 4.87. The van der Waals surface area contributed by atoms with E-state index in [1.54, 1.807) is 12.4 Å². The third kappa shape index (κ3) is 3.37. The summed E-state index contributed by atoms with van der Waals surface area (Å²) in [5.41, 5.74) is 4.28. The van der Waals surface area contributed by atoms with Crippen LogP contribution in [0.4, 0.5) is 0 Å². The molecule has 0 N–H and O–H groups in total. The largest absolute Gasteiger partial charge is 0.373 e. The topological polar surface area (TPSA) is 51.7 Å². The number of carbonyl (C=O) groups is 1. The predicted octanol–water partition coefficient (Wildman–Crippen LogP) is 3.03. The summed E-state index contributed by atoms with van der Waals surface area (Å²) in [6.45, 7) is 3.54. The summed E-state index contributed by atoms with van der Waals surface area (Å²) in [5, 5.41) is 0. The molecule has 3 aliphatic rings. The molecule has 140 valence electrons. The Bertz CT molecular complexity index is 852. The van der Waals surface area contributed by atoms with E-state index >= 15 is 0 Å². The maximum atomic E-state index is 12.8. The molecule has 1 aromatic carbocycles. The molecule has 27 heavy (non-hydrogen) atoms. The van der Waals surface area contributed by atoms with Crippen LogP contribution in [0.25, 0.3) is 0 Å². The van der Waals surface area contributed by atoms with Crippen LogP contribution in [0.3, 0.4) is 0 Å². The van der Waals surface area contributed by atoms with Crippen LogP contribution >= 0.6 is 11.8 Å². The van der Waals surface area contributed by atoms with Crippen LogP contribution < -0.4 is 0 Å². The minimum atomic E-state index is 0.136. The summed E-state index contributed by atoms with van der Waals surface area (Å²) in [5.74, 6) is 1.14. The van der Waals surface area contributed by atoms with Gasteiger partial charge in [0.1, 0.15) is 0 Å². The van der Waals surface area contributed by atoms with Crippen molar-refractivity contribution in [3.05, 3.63) is 65.0 Å². The molecule has 1 atom stereocenters. The lowest BCUT2D eigenvalue weighted by molar-refractivity contribution is 0.0255. The zero-order chi connectivity index (χ0) is 18.3. The van der Waals surface area contributed by atoms with Crippen molar-refractivity contribution >= 4 is 17.7 Å². The number of thioether (sulfide) groups is 1. The number of hydrogen-bond acceptors (Lipinski definition) is 5. The van der Waals surface area contributed by atoms with E-state index in [4.69, 9.17) is 9.47 Å². The molecule has 0 aliphatic carbocycles. The zero-order valence-electron chi connectivity index (χ0n) is 15.1. The number of benzene rings is 1. The number of pyridine rings is 1. The van der Waals surface area contributed by atoms with E-state index in [1.165, 1.54) is 5.56 Å². The number of ether oxygens (including phenoxy) is 2. The third-order valence-corrected chi connectivity index (χ3v) is 7.20. The van der Waals surface area contributed by atoms with Gasteiger partial charge in [0.25, 0.3) is 5.91 Å².